The third-order valence-electron chi connectivity index (χ3n) is 6.26. The summed E-state index contributed by atoms with van der Waals surface area (Å²) in [5, 5.41) is 22.5. The minimum Gasteiger partial charge on any atom is -0.481 e. The van der Waals surface area contributed by atoms with Crippen molar-refractivity contribution in [2.24, 2.45) is 0 Å². The summed E-state index contributed by atoms with van der Waals surface area (Å²) in [5.74, 6) is -1.92. The number of hydrogen-bond donors (Lipinski definition) is 3. The lowest BCUT2D eigenvalue weighted by Gasteiger charge is -2.18. The van der Waals surface area contributed by atoms with Gasteiger partial charge in [0.1, 0.15) is 5.82 Å². The minimum atomic E-state index is -1.09. The Morgan fingerprint density at radius 1 is 1.08 bits per heavy atom. The number of carboxylic acid groups (broad SMARTS) is 1. The molecular weight excluding hydrogens is 495 g/mol. The first-order valence-corrected chi connectivity index (χ1v) is 12.9. The lowest BCUT2D eigenvalue weighted by Crippen LogP contribution is -2.24. The van der Waals surface area contributed by atoms with E-state index < -0.39 is 12.1 Å². The van der Waals surface area contributed by atoms with E-state index in [0.29, 0.717) is 28.1 Å². The van der Waals surface area contributed by atoms with E-state index in [-0.39, 0.29) is 37.0 Å². The molecule has 3 rings (SSSR count). The lowest BCUT2D eigenvalue weighted by atomic mass is 9.94. The van der Waals surface area contributed by atoms with Gasteiger partial charge in [0.2, 0.25) is 0 Å². The Kier molecular flexibility index (Phi) is 10.2. The number of halogens is 1. The molecule has 0 aliphatic carbocycles. The number of aromatic nitrogens is 1. The van der Waals surface area contributed by atoms with Crippen molar-refractivity contribution in [2.45, 2.75) is 52.2 Å². The second-order valence-corrected chi connectivity index (χ2v) is 9.52. The Morgan fingerprint density at radius 3 is 2.31 bits per heavy atom. The smallest absolute Gasteiger partial charge is 0.305 e. The number of carbonyl (C=O) groups is 2. The largest absolute Gasteiger partial charge is 0.481 e. The number of carbonyl (C=O) groups excluding carboxylic acids is 1. The van der Waals surface area contributed by atoms with Gasteiger partial charge in [-0.25, -0.2) is 4.39 Å². The molecule has 39 heavy (non-hydrogen) atoms. The summed E-state index contributed by atoms with van der Waals surface area (Å²) in [7, 11) is 0. The number of nitrogens with one attached hydrogen (secondary N) is 1. The molecule has 0 saturated heterocycles. The highest BCUT2D eigenvalue weighted by Gasteiger charge is 2.30. The van der Waals surface area contributed by atoms with Crippen LogP contribution in [0.2, 0.25) is 0 Å². The first-order chi connectivity index (χ1) is 18.7. The molecule has 7 heteroatoms. The van der Waals surface area contributed by atoms with Gasteiger partial charge in [-0.1, -0.05) is 62.9 Å². The maximum atomic E-state index is 14.0. The zero-order chi connectivity index (χ0) is 28.5. The fourth-order valence-electron chi connectivity index (χ4n) is 4.71. The zero-order valence-corrected chi connectivity index (χ0v) is 22.5. The van der Waals surface area contributed by atoms with Gasteiger partial charge in [0, 0.05) is 23.5 Å². The predicted molar refractivity (Wildman–Crippen MR) is 153 cm³/mol. The van der Waals surface area contributed by atoms with Gasteiger partial charge in [0.15, 0.2) is 0 Å². The highest BCUT2D eigenvalue weighted by molar-refractivity contribution is 6.07. The van der Waals surface area contributed by atoms with E-state index in [1.54, 1.807) is 30.4 Å². The van der Waals surface area contributed by atoms with Crippen molar-refractivity contribution in [1.29, 1.82) is 0 Å². The molecule has 1 aromatic heterocycles. The number of carboxylic acids is 1. The SMILES string of the molecule is C=C/C=C(\C=C/C)NC(=O)c1c(-c2ccccc2)c(-c2ccc(F)cc2)n(CCC(O)CC(=O)O)c1C(C)C. The molecular formula is C32H35FN2O4. The van der Waals surface area contributed by atoms with Crippen LogP contribution in [0.3, 0.4) is 0 Å². The van der Waals surface area contributed by atoms with Gasteiger partial charge < -0.3 is 20.1 Å². The fourth-order valence-corrected chi connectivity index (χ4v) is 4.71. The highest BCUT2D eigenvalue weighted by Crippen LogP contribution is 2.42. The number of benzene rings is 2. The molecule has 2 aromatic carbocycles. The number of aliphatic hydroxyl groups is 1. The average molecular weight is 531 g/mol. The molecule has 1 amide bonds. The summed E-state index contributed by atoms with van der Waals surface area (Å²) in [4.78, 5) is 25.2. The van der Waals surface area contributed by atoms with Crippen LogP contribution < -0.4 is 5.32 Å². The van der Waals surface area contributed by atoms with Crippen LogP contribution in [0.25, 0.3) is 22.4 Å². The summed E-state index contributed by atoms with van der Waals surface area (Å²) in [6.45, 7) is 9.80. The molecule has 204 valence electrons. The number of aliphatic carboxylic acids is 1. The van der Waals surface area contributed by atoms with Crippen molar-refractivity contribution < 1.29 is 24.2 Å². The normalized spacial score (nSPS) is 12.6. The van der Waals surface area contributed by atoms with Crippen LogP contribution in [-0.4, -0.2) is 32.8 Å². The van der Waals surface area contributed by atoms with Crippen LogP contribution in [0.15, 0.2) is 91.2 Å². The van der Waals surface area contributed by atoms with E-state index in [9.17, 15) is 19.1 Å². The molecule has 6 nitrogen and oxygen atoms in total. The molecule has 1 atom stereocenters. The Balaban J connectivity index is 2.36. The van der Waals surface area contributed by atoms with Gasteiger partial charge in [-0.05, 0) is 66.8 Å². The summed E-state index contributed by atoms with van der Waals surface area (Å²) in [6, 6.07) is 15.6. The average Bonchev–Trinajstić information content (AvgIpc) is 3.24. The van der Waals surface area contributed by atoms with Crippen molar-refractivity contribution in [2.75, 3.05) is 0 Å². The number of hydrogen-bond acceptors (Lipinski definition) is 3. The topological polar surface area (TPSA) is 91.6 Å². The number of aliphatic hydroxyl groups excluding tert-OH is 1. The third-order valence-corrected chi connectivity index (χ3v) is 6.26. The van der Waals surface area contributed by atoms with Gasteiger partial charge in [-0.2, -0.15) is 0 Å². The molecule has 3 N–H and O–H groups in total. The summed E-state index contributed by atoms with van der Waals surface area (Å²) in [5.41, 5.74) is 4.62. The van der Waals surface area contributed by atoms with Gasteiger partial charge in [0.25, 0.3) is 5.91 Å². The zero-order valence-electron chi connectivity index (χ0n) is 22.5. The van der Waals surface area contributed by atoms with Crippen LogP contribution in [0.5, 0.6) is 0 Å². The van der Waals surface area contributed by atoms with Crippen molar-refractivity contribution >= 4 is 11.9 Å². The van der Waals surface area contributed by atoms with Gasteiger partial charge in [-0.15, -0.1) is 0 Å². The van der Waals surface area contributed by atoms with Gasteiger partial charge in [0.05, 0.1) is 23.8 Å². The van der Waals surface area contributed by atoms with Crippen molar-refractivity contribution in [3.8, 4) is 22.4 Å². The van der Waals surface area contributed by atoms with E-state index in [1.807, 2.05) is 61.7 Å². The molecule has 0 fully saturated rings. The van der Waals surface area contributed by atoms with Crippen molar-refractivity contribution in [3.63, 3.8) is 0 Å². The second-order valence-electron chi connectivity index (χ2n) is 9.52. The maximum Gasteiger partial charge on any atom is 0.305 e. The Morgan fingerprint density at radius 2 is 1.74 bits per heavy atom. The monoisotopic (exact) mass is 530 g/mol. The molecule has 0 aliphatic rings. The fraction of sp³-hybridized carbons (Fsp3) is 0.250. The molecule has 1 heterocycles. The number of amides is 1. The van der Waals surface area contributed by atoms with Gasteiger partial charge in [-0.3, -0.25) is 9.59 Å². The minimum absolute atomic E-state index is 0.118. The Bertz CT molecular complexity index is 1370. The van der Waals surface area contributed by atoms with Gasteiger partial charge >= 0.3 is 5.97 Å². The molecule has 0 bridgehead atoms. The predicted octanol–water partition coefficient (Wildman–Crippen LogP) is 6.69. The first kappa shape index (κ1) is 29.3. The first-order valence-electron chi connectivity index (χ1n) is 12.9. The van der Waals surface area contributed by atoms with Crippen molar-refractivity contribution in [3.05, 3.63) is 108 Å². The van der Waals surface area contributed by atoms with Crippen molar-refractivity contribution in [1.82, 2.24) is 9.88 Å². The number of allylic oxidation sites excluding steroid dienone is 4. The molecule has 3 aromatic rings. The molecule has 0 spiro atoms. The maximum absolute atomic E-state index is 14.0. The molecule has 0 aliphatic heterocycles. The standard InChI is InChI=1S/C32H35FN2O4/c1-5-10-25(11-6-2)34-32(39)29-28(22-12-8-7-9-13-22)31(23-14-16-24(33)17-15-23)35(30(29)21(3)4)19-18-26(36)20-27(37)38/h5-17,21,26,36H,1,18-20H2,2-4H3,(H,34,39)(H,37,38)/b11-6-,25-10+. The summed E-state index contributed by atoms with van der Waals surface area (Å²) < 4.78 is 15.9. The summed E-state index contributed by atoms with van der Waals surface area (Å²) in [6.07, 6.45) is 5.59. The highest BCUT2D eigenvalue weighted by atomic mass is 19.1. The van der Waals surface area contributed by atoms with E-state index in [4.69, 9.17) is 5.11 Å². The van der Waals surface area contributed by atoms with E-state index in [0.717, 1.165) is 11.3 Å². The van der Waals surface area contributed by atoms with E-state index in [2.05, 4.69) is 11.9 Å². The molecule has 1 unspecified atom stereocenters. The van der Waals surface area contributed by atoms with Crippen LogP contribution in [0.1, 0.15) is 55.6 Å². The second kappa shape index (κ2) is 13.5. The molecule has 0 radical (unpaired) electrons. The number of nitrogens with zero attached hydrogens (tertiary/aromatic N) is 1. The van der Waals surface area contributed by atoms with Crippen LogP contribution in [0.4, 0.5) is 4.39 Å². The van der Waals surface area contributed by atoms with E-state index >= 15 is 0 Å². The van der Waals surface area contributed by atoms with E-state index in [1.165, 1.54) is 12.1 Å². The third kappa shape index (κ3) is 7.21. The summed E-state index contributed by atoms with van der Waals surface area (Å²) >= 11 is 0. The van der Waals surface area contributed by atoms with Crippen LogP contribution >= 0.6 is 0 Å². The molecule has 0 saturated carbocycles. The Hall–Kier alpha value is -4.23. The van der Waals surface area contributed by atoms with Crippen LogP contribution in [0, 0.1) is 5.82 Å². The quantitative estimate of drug-likeness (QED) is 0.228. The lowest BCUT2D eigenvalue weighted by molar-refractivity contribution is -0.139. The number of rotatable bonds is 12. The van der Waals surface area contributed by atoms with Crippen LogP contribution in [-0.2, 0) is 11.3 Å². The Labute approximate surface area is 228 Å².